The summed E-state index contributed by atoms with van der Waals surface area (Å²) in [5.74, 6) is 0. The zero-order valence-corrected chi connectivity index (χ0v) is 13.2. The van der Waals surface area contributed by atoms with Crippen molar-refractivity contribution in [3.63, 3.8) is 0 Å². The van der Waals surface area contributed by atoms with Crippen LogP contribution in [0.1, 0.15) is 35.2 Å². The molecule has 1 aromatic heterocycles. The summed E-state index contributed by atoms with van der Waals surface area (Å²) in [5, 5.41) is 7.70. The van der Waals surface area contributed by atoms with Crippen molar-refractivity contribution in [1.29, 1.82) is 0 Å². The number of aromatic nitrogens is 2. The normalized spacial score (nSPS) is 12.4. The average Bonchev–Trinajstić information content (AvgIpc) is 2.44. The summed E-state index contributed by atoms with van der Waals surface area (Å²) in [5.41, 5.74) is 4.52. The number of aryl methyl sites for hydroxylation is 3. The molecular weight excluding hydrogens is 262 g/mol. The first-order valence-corrected chi connectivity index (χ1v) is 7.35. The van der Waals surface area contributed by atoms with E-state index in [1.807, 2.05) is 6.92 Å². The van der Waals surface area contributed by atoms with Crippen LogP contribution in [0, 0.1) is 20.8 Å². The molecule has 2 rings (SSSR count). The van der Waals surface area contributed by atoms with Gasteiger partial charge < -0.3 is 5.32 Å². The maximum absolute atomic E-state index is 12.0. The monoisotopic (exact) mass is 285 g/mol. The van der Waals surface area contributed by atoms with Crippen molar-refractivity contribution in [3.8, 4) is 0 Å². The highest BCUT2D eigenvalue weighted by Gasteiger charge is 2.15. The average molecular weight is 285 g/mol. The Kier molecular flexibility index (Phi) is 4.91. The molecule has 4 heteroatoms. The Balaban J connectivity index is 2.35. The minimum Gasteiger partial charge on any atom is -0.309 e. The van der Waals surface area contributed by atoms with Crippen LogP contribution in [0.25, 0.3) is 0 Å². The third kappa shape index (κ3) is 3.79. The number of hydrogen-bond donors (Lipinski definition) is 1. The predicted octanol–water partition coefficient (Wildman–Crippen LogP) is 2.52. The maximum Gasteiger partial charge on any atom is 0.267 e. The van der Waals surface area contributed by atoms with Gasteiger partial charge in [0, 0.05) is 6.07 Å². The first kappa shape index (κ1) is 15.4. The molecule has 1 N–H and O–H groups in total. The van der Waals surface area contributed by atoms with Gasteiger partial charge in [0.2, 0.25) is 0 Å². The topological polar surface area (TPSA) is 46.9 Å². The Morgan fingerprint density at radius 3 is 2.62 bits per heavy atom. The van der Waals surface area contributed by atoms with E-state index in [9.17, 15) is 4.79 Å². The van der Waals surface area contributed by atoms with Gasteiger partial charge in [0.25, 0.3) is 5.56 Å². The van der Waals surface area contributed by atoms with Crippen molar-refractivity contribution in [2.24, 2.45) is 0 Å². The van der Waals surface area contributed by atoms with E-state index in [0.29, 0.717) is 6.54 Å². The number of benzene rings is 1. The highest BCUT2D eigenvalue weighted by atomic mass is 16.1. The van der Waals surface area contributed by atoms with Crippen LogP contribution in [0.3, 0.4) is 0 Å². The lowest BCUT2D eigenvalue weighted by Crippen LogP contribution is -2.32. The summed E-state index contributed by atoms with van der Waals surface area (Å²) >= 11 is 0. The second kappa shape index (κ2) is 6.68. The van der Waals surface area contributed by atoms with Gasteiger partial charge in [-0.3, -0.25) is 4.79 Å². The van der Waals surface area contributed by atoms with Gasteiger partial charge in [-0.1, -0.05) is 30.7 Å². The fraction of sp³-hybridized carbons (Fsp3) is 0.412. The predicted molar refractivity (Wildman–Crippen MR) is 85.6 cm³/mol. The second-order valence-corrected chi connectivity index (χ2v) is 5.52. The van der Waals surface area contributed by atoms with E-state index in [4.69, 9.17) is 0 Å². The standard InChI is InChI=1S/C17H23N3O/c1-5-18-16(15-8-12(2)6-7-14(15)4)11-20-17(21)9-13(3)10-19-20/h6-10,16,18H,5,11H2,1-4H3. The number of nitrogens with zero attached hydrogens (tertiary/aromatic N) is 2. The molecule has 0 saturated heterocycles. The molecule has 21 heavy (non-hydrogen) atoms. The van der Waals surface area contributed by atoms with Gasteiger partial charge >= 0.3 is 0 Å². The molecule has 1 heterocycles. The molecule has 0 fully saturated rings. The van der Waals surface area contributed by atoms with E-state index >= 15 is 0 Å². The molecule has 0 aliphatic rings. The highest BCUT2D eigenvalue weighted by molar-refractivity contribution is 5.33. The Labute approximate surface area is 125 Å². The minimum absolute atomic E-state index is 0.0526. The molecule has 1 atom stereocenters. The van der Waals surface area contributed by atoms with Gasteiger partial charge in [0.1, 0.15) is 0 Å². The van der Waals surface area contributed by atoms with E-state index in [-0.39, 0.29) is 11.6 Å². The number of nitrogens with one attached hydrogen (secondary N) is 1. The van der Waals surface area contributed by atoms with Crippen LogP contribution in [0.4, 0.5) is 0 Å². The van der Waals surface area contributed by atoms with Gasteiger partial charge in [0.15, 0.2) is 0 Å². The van der Waals surface area contributed by atoms with Gasteiger partial charge in [-0.25, -0.2) is 4.68 Å². The fourth-order valence-electron chi connectivity index (χ4n) is 2.49. The third-order valence-electron chi connectivity index (χ3n) is 3.62. The van der Waals surface area contributed by atoms with E-state index in [1.165, 1.54) is 21.4 Å². The van der Waals surface area contributed by atoms with E-state index < -0.39 is 0 Å². The third-order valence-corrected chi connectivity index (χ3v) is 3.62. The zero-order chi connectivity index (χ0) is 15.4. The van der Waals surface area contributed by atoms with Crippen LogP contribution in [0.5, 0.6) is 0 Å². The molecule has 0 bridgehead atoms. The first-order chi connectivity index (χ1) is 10.0. The van der Waals surface area contributed by atoms with Crippen molar-refractivity contribution < 1.29 is 0 Å². The molecule has 112 valence electrons. The molecule has 1 unspecified atom stereocenters. The molecule has 0 saturated carbocycles. The summed E-state index contributed by atoms with van der Waals surface area (Å²) in [4.78, 5) is 12.0. The van der Waals surface area contributed by atoms with Crippen molar-refractivity contribution in [2.75, 3.05) is 6.54 Å². The summed E-state index contributed by atoms with van der Waals surface area (Å²) in [6.45, 7) is 9.53. The van der Waals surface area contributed by atoms with Crippen LogP contribution in [-0.4, -0.2) is 16.3 Å². The highest BCUT2D eigenvalue weighted by Crippen LogP contribution is 2.20. The van der Waals surface area contributed by atoms with Crippen LogP contribution in [-0.2, 0) is 6.54 Å². The molecule has 1 aromatic carbocycles. The van der Waals surface area contributed by atoms with Gasteiger partial charge in [0.05, 0.1) is 18.8 Å². The quantitative estimate of drug-likeness (QED) is 0.918. The van der Waals surface area contributed by atoms with Crippen molar-refractivity contribution in [2.45, 2.75) is 40.3 Å². The van der Waals surface area contributed by atoms with Crippen molar-refractivity contribution >= 4 is 0 Å². The molecule has 4 nitrogen and oxygen atoms in total. The van der Waals surface area contributed by atoms with Crippen LogP contribution >= 0.6 is 0 Å². The lowest BCUT2D eigenvalue weighted by molar-refractivity contribution is 0.432. The Morgan fingerprint density at radius 2 is 1.95 bits per heavy atom. The van der Waals surface area contributed by atoms with Gasteiger partial charge in [-0.05, 0) is 44.0 Å². The lowest BCUT2D eigenvalue weighted by atomic mass is 9.98. The van der Waals surface area contributed by atoms with E-state index in [1.54, 1.807) is 12.3 Å². The molecule has 2 aromatic rings. The van der Waals surface area contributed by atoms with Gasteiger partial charge in [-0.15, -0.1) is 0 Å². The Morgan fingerprint density at radius 1 is 1.19 bits per heavy atom. The fourth-order valence-corrected chi connectivity index (χ4v) is 2.49. The summed E-state index contributed by atoms with van der Waals surface area (Å²) in [6.07, 6.45) is 1.73. The molecular formula is C17H23N3O. The molecule has 0 spiro atoms. The summed E-state index contributed by atoms with van der Waals surface area (Å²) in [7, 11) is 0. The summed E-state index contributed by atoms with van der Waals surface area (Å²) < 4.78 is 1.53. The summed E-state index contributed by atoms with van der Waals surface area (Å²) in [6, 6.07) is 8.13. The van der Waals surface area contributed by atoms with E-state index in [0.717, 1.165) is 12.1 Å². The zero-order valence-electron chi connectivity index (χ0n) is 13.2. The van der Waals surface area contributed by atoms with Gasteiger partial charge in [-0.2, -0.15) is 5.10 Å². The number of rotatable bonds is 5. The first-order valence-electron chi connectivity index (χ1n) is 7.35. The maximum atomic E-state index is 12.0. The molecule has 0 amide bonds. The minimum atomic E-state index is -0.0526. The van der Waals surface area contributed by atoms with E-state index in [2.05, 4.69) is 49.4 Å². The lowest BCUT2D eigenvalue weighted by Gasteiger charge is -2.21. The van der Waals surface area contributed by atoms with Crippen LogP contribution < -0.4 is 10.9 Å². The van der Waals surface area contributed by atoms with Crippen LogP contribution in [0.15, 0.2) is 35.3 Å². The van der Waals surface area contributed by atoms with Crippen LogP contribution in [0.2, 0.25) is 0 Å². The van der Waals surface area contributed by atoms with Crippen molar-refractivity contribution in [1.82, 2.24) is 15.1 Å². The molecule has 0 aliphatic heterocycles. The number of hydrogen-bond acceptors (Lipinski definition) is 3. The largest absolute Gasteiger partial charge is 0.309 e. The Hall–Kier alpha value is -1.94. The molecule has 0 aliphatic carbocycles. The molecule has 0 radical (unpaired) electrons. The number of likely N-dealkylation sites (N-methyl/N-ethyl adjacent to an activating group) is 1. The van der Waals surface area contributed by atoms with Crippen molar-refractivity contribution in [3.05, 3.63) is 63.1 Å². The second-order valence-electron chi connectivity index (χ2n) is 5.52. The smallest absolute Gasteiger partial charge is 0.267 e. The Bertz CT molecular complexity index is 676. The SMILES string of the molecule is CCNC(Cn1ncc(C)cc1=O)c1cc(C)ccc1C.